The number of aryl methyl sites for hydroxylation is 1. The molecule has 0 aliphatic carbocycles. The molecule has 1 fully saturated rings. The Kier molecular flexibility index (Phi) is 11.0. The lowest BCUT2D eigenvalue weighted by Crippen LogP contribution is -2.44. The third kappa shape index (κ3) is 6.79. The minimum Gasteiger partial charge on any atom is -0.304 e. The summed E-state index contributed by atoms with van der Waals surface area (Å²) in [6.45, 7) is 5.85. The molecule has 4 rings (SSSR count). The molecule has 3 aromatic rings. The summed E-state index contributed by atoms with van der Waals surface area (Å²) in [4.78, 5) is 9.51. The van der Waals surface area contributed by atoms with Crippen LogP contribution in [0.15, 0.2) is 54.7 Å². The van der Waals surface area contributed by atoms with Crippen molar-refractivity contribution in [1.29, 1.82) is 0 Å². The van der Waals surface area contributed by atoms with Crippen LogP contribution in [-0.4, -0.2) is 54.6 Å². The molecule has 164 valence electrons. The van der Waals surface area contributed by atoms with Gasteiger partial charge >= 0.3 is 0 Å². The summed E-state index contributed by atoms with van der Waals surface area (Å²) in [7, 11) is 2.19. The van der Waals surface area contributed by atoms with Gasteiger partial charge in [-0.1, -0.05) is 18.2 Å². The van der Waals surface area contributed by atoms with Gasteiger partial charge < -0.3 is 9.80 Å². The van der Waals surface area contributed by atoms with Gasteiger partial charge in [0.05, 0.1) is 5.52 Å². The Balaban J connectivity index is 0.00000150. The average molecular weight is 473 g/mol. The van der Waals surface area contributed by atoms with E-state index in [9.17, 15) is 4.39 Å². The van der Waals surface area contributed by atoms with Gasteiger partial charge in [0.25, 0.3) is 0 Å². The molecule has 0 bridgehead atoms. The normalized spacial score (nSPS) is 14.5. The summed E-state index contributed by atoms with van der Waals surface area (Å²) in [5, 5.41) is 1.12. The quantitative estimate of drug-likeness (QED) is 0.490. The Morgan fingerprint density at radius 2 is 1.67 bits per heavy atom. The van der Waals surface area contributed by atoms with Gasteiger partial charge in [-0.15, -0.1) is 37.2 Å². The SMILES string of the molecule is CN1CCN(CCCc2ccc3ncc(-c4cccc(F)c4)cc3c2)CC1.Cl.Cl.Cl. The fourth-order valence-electron chi connectivity index (χ4n) is 3.74. The molecule has 3 nitrogen and oxygen atoms in total. The molecule has 1 aliphatic rings. The van der Waals surface area contributed by atoms with E-state index >= 15 is 0 Å². The first kappa shape index (κ1) is 26.6. The van der Waals surface area contributed by atoms with Crippen LogP contribution in [0.25, 0.3) is 22.0 Å². The molecule has 2 heterocycles. The summed E-state index contributed by atoms with van der Waals surface area (Å²) in [5.74, 6) is -0.217. The Hall–Kier alpha value is -1.43. The van der Waals surface area contributed by atoms with E-state index in [1.165, 1.54) is 44.2 Å². The maximum atomic E-state index is 13.5. The molecule has 1 aromatic heterocycles. The van der Waals surface area contributed by atoms with Crippen molar-refractivity contribution in [3.8, 4) is 11.1 Å². The number of hydrogen-bond acceptors (Lipinski definition) is 3. The van der Waals surface area contributed by atoms with Gasteiger partial charge in [0.1, 0.15) is 5.82 Å². The van der Waals surface area contributed by atoms with Crippen LogP contribution in [0, 0.1) is 5.82 Å². The molecular formula is C23H29Cl3FN3. The number of halogens is 4. The fraction of sp³-hybridized carbons (Fsp3) is 0.348. The van der Waals surface area contributed by atoms with Crippen molar-refractivity contribution >= 4 is 48.1 Å². The summed E-state index contributed by atoms with van der Waals surface area (Å²) in [5.41, 5.74) is 4.15. The molecular weight excluding hydrogens is 444 g/mol. The van der Waals surface area contributed by atoms with E-state index in [0.717, 1.165) is 35.0 Å². The predicted octanol–water partition coefficient (Wildman–Crippen LogP) is 5.49. The standard InChI is InChI=1S/C23H26FN3.3ClH/c1-26-10-12-27(13-11-26)9-3-4-18-7-8-23-20(14-18)15-21(17-25-23)19-5-2-6-22(24)16-19;;;/h2,5-8,14-17H,3-4,9-13H2,1H3;3*1H. The molecule has 0 amide bonds. The van der Waals surface area contributed by atoms with Crippen molar-refractivity contribution in [3.05, 3.63) is 66.1 Å². The van der Waals surface area contributed by atoms with E-state index in [-0.39, 0.29) is 43.0 Å². The monoisotopic (exact) mass is 471 g/mol. The van der Waals surface area contributed by atoms with Crippen LogP contribution in [0.1, 0.15) is 12.0 Å². The number of likely N-dealkylation sites (N-methyl/N-ethyl adjacent to an activating group) is 1. The minimum absolute atomic E-state index is 0. The van der Waals surface area contributed by atoms with E-state index in [2.05, 4.69) is 46.1 Å². The molecule has 0 spiro atoms. The number of fused-ring (bicyclic) bond motifs is 1. The van der Waals surface area contributed by atoms with Crippen molar-refractivity contribution < 1.29 is 4.39 Å². The molecule has 30 heavy (non-hydrogen) atoms. The highest BCUT2D eigenvalue weighted by Crippen LogP contribution is 2.24. The molecule has 0 saturated carbocycles. The molecule has 0 atom stereocenters. The summed E-state index contributed by atoms with van der Waals surface area (Å²) >= 11 is 0. The number of pyridine rings is 1. The van der Waals surface area contributed by atoms with E-state index in [4.69, 9.17) is 0 Å². The van der Waals surface area contributed by atoms with Crippen molar-refractivity contribution in [1.82, 2.24) is 14.8 Å². The Labute approximate surface area is 196 Å². The zero-order chi connectivity index (χ0) is 18.6. The molecule has 0 radical (unpaired) electrons. The van der Waals surface area contributed by atoms with Gasteiger partial charge in [-0.2, -0.15) is 0 Å². The largest absolute Gasteiger partial charge is 0.304 e. The van der Waals surface area contributed by atoms with Gasteiger partial charge in [-0.05, 0) is 67.9 Å². The van der Waals surface area contributed by atoms with Gasteiger partial charge in [0.2, 0.25) is 0 Å². The lowest BCUT2D eigenvalue weighted by molar-refractivity contribution is 0.153. The maximum absolute atomic E-state index is 13.5. The van der Waals surface area contributed by atoms with Crippen LogP contribution in [0.5, 0.6) is 0 Å². The lowest BCUT2D eigenvalue weighted by Gasteiger charge is -2.32. The van der Waals surface area contributed by atoms with Gasteiger partial charge in [-0.25, -0.2) is 4.39 Å². The van der Waals surface area contributed by atoms with Crippen molar-refractivity contribution in [3.63, 3.8) is 0 Å². The lowest BCUT2D eigenvalue weighted by atomic mass is 10.0. The van der Waals surface area contributed by atoms with Gasteiger partial charge in [-0.3, -0.25) is 4.98 Å². The summed E-state index contributed by atoms with van der Waals surface area (Å²) in [6, 6.07) is 15.3. The van der Waals surface area contributed by atoms with Crippen LogP contribution in [0.4, 0.5) is 4.39 Å². The third-order valence-corrected chi connectivity index (χ3v) is 5.44. The second-order valence-corrected chi connectivity index (χ2v) is 7.51. The second-order valence-electron chi connectivity index (χ2n) is 7.51. The molecule has 2 aromatic carbocycles. The smallest absolute Gasteiger partial charge is 0.123 e. The number of aromatic nitrogens is 1. The highest BCUT2D eigenvalue weighted by Gasteiger charge is 2.13. The highest BCUT2D eigenvalue weighted by atomic mass is 35.5. The predicted molar refractivity (Wildman–Crippen MR) is 131 cm³/mol. The topological polar surface area (TPSA) is 19.4 Å². The van der Waals surface area contributed by atoms with E-state index in [1.807, 2.05) is 12.3 Å². The number of benzene rings is 2. The molecule has 0 N–H and O–H groups in total. The summed E-state index contributed by atoms with van der Waals surface area (Å²) < 4.78 is 13.5. The number of piperazine rings is 1. The first-order valence-electron chi connectivity index (χ1n) is 9.73. The van der Waals surface area contributed by atoms with E-state index in [1.54, 1.807) is 12.1 Å². The third-order valence-electron chi connectivity index (χ3n) is 5.44. The summed E-state index contributed by atoms with van der Waals surface area (Å²) in [6.07, 6.45) is 4.07. The van der Waals surface area contributed by atoms with Crippen LogP contribution in [0.2, 0.25) is 0 Å². The van der Waals surface area contributed by atoms with Crippen LogP contribution in [-0.2, 0) is 6.42 Å². The average Bonchev–Trinajstić information content (AvgIpc) is 2.69. The van der Waals surface area contributed by atoms with Crippen molar-refractivity contribution in [2.45, 2.75) is 12.8 Å². The number of hydrogen-bond donors (Lipinski definition) is 0. The van der Waals surface area contributed by atoms with Gasteiger partial charge in [0, 0.05) is 43.3 Å². The fourth-order valence-corrected chi connectivity index (χ4v) is 3.74. The zero-order valence-corrected chi connectivity index (χ0v) is 19.5. The first-order chi connectivity index (χ1) is 13.2. The Morgan fingerprint density at radius 1 is 0.900 bits per heavy atom. The second kappa shape index (κ2) is 12.4. The number of rotatable bonds is 5. The molecule has 1 aliphatic heterocycles. The Morgan fingerprint density at radius 3 is 2.40 bits per heavy atom. The van der Waals surface area contributed by atoms with Crippen molar-refractivity contribution in [2.24, 2.45) is 0 Å². The van der Waals surface area contributed by atoms with Crippen LogP contribution in [0.3, 0.4) is 0 Å². The van der Waals surface area contributed by atoms with Crippen molar-refractivity contribution in [2.75, 3.05) is 39.8 Å². The van der Waals surface area contributed by atoms with E-state index in [0.29, 0.717) is 0 Å². The number of nitrogens with zero attached hydrogens (tertiary/aromatic N) is 3. The minimum atomic E-state index is -0.217. The highest BCUT2D eigenvalue weighted by molar-refractivity contribution is 5.86. The van der Waals surface area contributed by atoms with E-state index < -0.39 is 0 Å². The van der Waals surface area contributed by atoms with Gasteiger partial charge in [0.15, 0.2) is 0 Å². The van der Waals surface area contributed by atoms with Crippen LogP contribution < -0.4 is 0 Å². The molecule has 1 saturated heterocycles. The zero-order valence-electron chi connectivity index (χ0n) is 17.1. The molecule has 7 heteroatoms. The van der Waals surface area contributed by atoms with Crippen LogP contribution >= 0.6 is 37.2 Å². The first-order valence-corrected chi connectivity index (χ1v) is 9.73. The Bertz CT molecular complexity index is 930. The molecule has 0 unspecified atom stereocenters. The maximum Gasteiger partial charge on any atom is 0.123 e.